The molecule has 3 atom stereocenters. The third-order valence-electron chi connectivity index (χ3n) is 6.96. The van der Waals surface area contributed by atoms with Gasteiger partial charge in [0.1, 0.15) is 12.3 Å². The second kappa shape index (κ2) is 11.2. The van der Waals surface area contributed by atoms with E-state index in [4.69, 9.17) is 0 Å². The highest BCUT2D eigenvalue weighted by Crippen LogP contribution is 2.40. The summed E-state index contributed by atoms with van der Waals surface area (Å²) < 4.78 is 69.7. The van der Waals surface area contributed by atoms with E-state index in [1.807, 2.05) is 0 Å². The summed E-state index contributed by atoms with van der Waals surface area (Å²) in [6, 6.07) is 5.39. The van der Waals surface area contributed by atoms with Crippen molar-refractivity contribution in [3.63, 3.8) is 0 Å². The van der Waals surface area contributed by atoms with Crippen LogP contribution in [0.15, 0.2) is 30.3 Å². The molecule has 1 saturated heterocycles. The quantitative estimate of drug-likeness (QED) is 0.463. The summed E-state index contributed by atoms with van der Waals surface area (Å²) in [6.45, 7) is -0.0366. The maximum atomic E-state index is 13.7. The Labute approximate surface area is 210 Å². The van der Waals surface area contributed by atoms with Crippen molar-refractivity contribution in [2.45, 2.75) is 69.1 Å². The summed E-state index contributed by atoms with van der Waals surface area (Å²) in [6.07, 6.45) is -4.90. The van der Waals surface area contributed by atoms with Crippen molar-refractivity contribution < 1.29 is 36.6 Å². The van der Waals surface area contributed by atoms with Gasteiger partial charge in [-0.1, -0.05) is 31.0 Å². The highest BCUT2D eigenvalue weighted by Gasteiger charge is 2.36. The Balaban J connectivity index is 1.58. The fourth-order valence-electron chi connectivity index (χ4n) is 5.10. The van der Waals surface area contributed by atoms with Crippen molar-refractivity contribution in [2.75, 3.05) is 19.6 Å². The molecule has 37 heavy (non-hydrogen) atoms. The molecular formula is C25H29F5N4O3. The number of aliphatic carboxylic acids is 1. The first kappa shape index (κ1) is 27.0. The summed E-state index contributed by atoms with van der Waals surface area (Å²) in [5.74, 6) is -1.89. The SMILES string of the molecule is O=C(O)CC(CCN1CC(F)C(F)C1)NC(=O)c1cc(-c2ccccc2C(F)(F)F)n(C2CCCC2)n1. The molecule has 1 amide bonds. The second-order valence-corrected chi connectivity index (χ2v) is 9.69. The van der Waals surface area contributed by atoms with E-state index in [0.29, 0.717) is 12.8 Å². The Morgan fingerprint density at radius 2 is 1.76 bits per heavy atom. The molecule has 4 rings (SSSR count). The monoisotopic (exact) mass is 528 g/mol. The van der Waals surface area contributed by atoms with E-state index in [1.54, 1.807) is 0 Å². The van der Waals surface area contributed by atoms with Gasteiger partial charge < -0.3 is 10.4 Å². The van der Waals surface area contributed by atoms with Crippen molar-refractivity contribution in [2.24, 2.45) is 0 Å². The first-order chi connectivity index (χ1) is 17.5. The number of alkyl halides is 5. The molecule has 2 heterocycles. The van der Waals surface area contributed by atoms with E-state index >= 15 is 0 Å². The minimum atomic E-state index is -4.61. The van der Waals surface area contributed by atoms with Gasteiger partial charge in [-0.3, -0.25) is 19.2 Å². The minimum Gasteiger partial charge on any atom is -0.481 e. The Morgan fingerprint density at radius 1 is 1.11 bits per heavy atom. The van der Waals surface area contributed by atoms with Gasteiger partial charge in [0.2, 0.25) is 0 Å². The first-order valence-corrected chi connectivity index (χ1v) is 12.3. The lowest BCUT2D eigenvalue weighted by molar-refractivity contribution is -0.138. The van der Waals surface area contributed by atoms with Crippen LogP contribution >= 0.6 is 0 Å². The summed E-state index contributed by atoms with van der Waals surface area (Å²) in [5.41, 5.74) is -0.887. The van der Waals surface area contributed by atoms with E-state index in [1.165, 1.54) is 33.8 Å². The lowest BCUT2D eigenvalue weighted by Gasteiger charge is -2.20. The third kappa shape index (κ3) is 6.46. The standard InChI is InChI=1S/C25H29F5N4O3/c26-19-13-33(14-20(19)27)10-9-15(11-23(35)36)31-24(37)21-12-22(34(32-21)16-5-1-2-6-16)17-7-3-4-8-18(17)25(28,29)30/h3-4,7-8,12,15-16,19-20H,1-2,5-6,9-11,13-14H2,(H,31,37)(H,35,36). The molecule has 1 aliphatic carbocycles. The molecule has 1 saturated carbocycles. The van der Waals surface area contributed by atoms with Crippen LogP contribution < -0.4 is 5.32 Å². The van der Waals surface area contributed by atoms with Gasteiger partial charge in [0.05, 0.1) is 23.7 Å². The zero-order chi connectivity index (χ0) is 26.7. The van der Waals surface area contributed by atoms with E-state index in [9.17, 15) is 36.6 Å². The molecular weight excluding hydrogens is 499 g/mol. The largest absolute Gasteiger partial charge is 0.481 e. The van der Waals surface area contributed by atoms with Gasteiger partial charge >= 0.3 is 12.1 Å². The molecule has 0 spiro atoms. The molecule has 1 aromatic carbocycles. The van der Waals surface area contributed by atoms with E-state index < -0.39 is 48.4 Å². The maximum absolute atomic E-state index is 13.7. The van der Waals surface area contributed by atoms with Crippen molar-refractivity contribution in [1.29, 1.82) is 0 Å². The van der Waals surface area contributed by atoms with Gasteiger partial charge in [-0.15, -0.1) is 0 Å². The number of carboxylic acid groups (broad SMARTS) is 1. The average Bonchev–Trinajstić information content (AvgIpc) is 3.57. The maximum Gasteiger partial charge on any atom is 0.417 e. The fourth-order valence-corrected chi connectivity index (χ4v) is 5.10. The van der Waals surface area contributed by atoms with Crippen LogP contribution in [-0.4, -0.2) is 69.7 Å². The summed E-state index contributed by atoms with van der Waals surface area (Å²) >= 11 is 0. The van der Waals surface area contributed by atoms with Gasteiger partial charge in [0, 0.05) is 31.2 Å². The molecule has 2 N–H and O–H groups in total. The van der Waals surface area contributed by atoms with E-state index in [0.717, 1.165) is 18.9 Å². The minimum absolute atomic E-state index is 0.0916. The van der Waals surface area contributed by atoms with Gasteiger partial charge in [0.25, 0.3) is 5.91 Å². The van der Waals surface area contributed by atoms with Crippen LogP contribution in [0.25, 0.3) is 11.3 Å². The Bertz CT molecular complexity index is 1110. The molecule has 202 valence electrons. The molecule has 12 heteroatoms. The number of nitrogens with one attached hydrogen (secondary N) is 1. The van der Waals surface area contributed by atoms with Crippen molar-refractivity contribution >= 4 is 11.9 Å². The highest BCUT2D eigenvalue weighted by molar-refractivity contribution is 5.94. The average molecular weight is 529 g/mol. The van der Waals surface area contributed by atoms with Crippen LogP contribution in [-0.2, 0) is 11.0 Å². The number of amides is 1. The summed E-state index contributed by atoms with van der Waals surface area (Å²) in [7, 11) is 0. The third-order valence-corrected chi connectivity index (χ3v) is 6.96. The Morgan fingerprint density at radius 3 is 2.38 bits per heavy atom. The Hall–Kier alpha value is -3.02. The smallest absolute Gasteiger partial charge is 0.417 e. The van der Waals surface area contributed by atoms with E-state index in [2.05, 4.69) is 10.4 Å². The number of aromatic nitrogens is 2. The summed E-state index contributed by atoms with van der Waals surface area (Å²) in [4.78, 5) is 26.0. The number of nitrogens with zero attached hydrogens (tertiary/aromatic N) is 3. The van der Waals surface area contributed by atoms with Crippen LogP contribution in [0, 0.1) is 0 Å². The molecule has 1 aliphatic heterocycles. The molecule has 2 aromatic rings. The molecule has 2 fully saturated rings. The molecule has 2 aliphatic rings. The predicted molar refractivity (Wildman–Crippen MR) is 125 cm³/mol. The molecule has 3 unspecified atom stereocenters. The molecule has 0 bridgehead atoms. The zero-order valence-electron chi connectivity index (χ0n) is 20.1. The fraction of sp³-hybridized carbons (Fsp3) is 0.560. The predicted octanol–water partition coefficient (Wildman–Crippen LogP) is 4.64. The van der Waals surface area contributed by atoms with Crippen LogP contribution in [0.1, 0.15) is 60.6 Å². The van der Waals surface area contributed by atoms with Gasteiger partial charge in [-0.25, -0.2) is 8.78 Å². The van der Waals surface area contributed by atoms with Crippen LogP contribution in [0.2, 0.25) is 0 Å². The lowest BCUT2D eigenvalue weighted by Crippen LogP contribution is -2.39. The van der Waals surface area contributed by atoms with Gasteiger partial charge in [-0.2, -0.15) is 18.3 Å². The lowest BCUT2D eigenvalue weighted by atomic mass is 10.0. The number of carbonyl (C=O) groups is 2. The molecule has 0 radical (unpaired) electrons. The Kier molecular flexibility index (Phi) is 8.15. The zero-order valence-corrected chi connectivity index (χ0v) is 20.1. The van der Waals surface area contributed by atoms with Crippen molar-refractivity contribution in [3.8, 4) is 11.3 Å². The van der Waals surface area contributed by atoms with Crippen LogP contribution in [0.4, 0.5) is 22.0 Å². The number of rotatable bonds is 9. The number of hydrogen-bond acceptors (Lipinski definition) is 4. The van der Waals surface area contributed by atoms with Gasteiger partial charge in [0.15, 0.2) is 5.69 Å². The van der Waals surface area contributed by atoms with E-state index in [-0.39, 0.29) is 49.0 Å². The van der Waals surface area contributed by atoms with Crippen molar-refractivity contribution in [1.82, 2.24) is 20.0 Å². The number of hydrogen-bond donors (Lipinski definition) is 2. The van der Waals surface area contributed by atoms with Crippen LogP contribution in [0.3, 0.4) is 0 Å². The summed E-state index contributed by atoms with van der Waals surface area (Å²) in [5, 5.41) is 16.2. The number of carbonyl (C=O) groups excluding carboxylic acids is 1. The van der Waals surface area contributed by atoms with Gasteiger partial charge in [-0.05, 0) is 31.4 Å². The first-order valence-electron chi connectivity index (χ1n) is 12.3. The molecule has 1 aromatic heterocycles. The second-order valence-electron chi connectivity index (χ2n) is 9.69. The number of carboxylic acids is 1. The normalized spacial score (nSPS) is 21.9. The number of benzene rings is 1. The van der Waals surface area contributed by atoms with Crippen molar-refractivity contribution in [3.05, 3.63) is 41.6 Å². The van der Waals surface area contributed by atoms with Crippen LogP contribution in [0.5, 0.6) is 0 Å². The number of likely N-dealkylation sites (tertiary alicyclic amines) is 1. The highest BCUT2D eigenvalue weighted by atomic mass is 19.4. The number of halogens is 5. The molecule has 7 nitrogen and oxygen atoms in total. The topological polar surface area (TPSA) is 87.5 Å².